The molecule has 0 radical (unpaired) electrons. The topological polar surface area (TPSA) is 20.2 Å². The van der Waals surface area contributed by atoms with Crippen LogP contribution in [0, 0.1) is 0 Å². The predicted molar refractivity (Wildman–Crippen MR) is 59.8 cm³/mol. The van der Waals surface area contributed by atoms with E-state index in [9.17, 15) is 0 Å². The standard InChI is InChI=1S/C10H11ClOS/c1-7(11)8(2)13-10-5-3-9(12)4-6-10/h3,5,12H,1-2,4,6H2. The third kappa shape index (κ3) is 3.33. The van der Waals surface area contributed by atoms with Gasteiger partial charge in [0.15, 0.2) is 0 Å². The minimum absolute atomic E-state index is 0.430. The van der Waals surface area contributed by atoms with Gasteiger partial charge in [-0.3, -0.25) is 0 Å². The fourth-order valence-electron chi connectivity index (χ4n) is 0.906. The lowest BCUT2D eigenvalue weighted by atomic mass is 10.2. The smallest absolute Gasteiger partial charge is 0.0926 e. The molecule has 0 bridgehead atoms. The molecule has 1 rings (SSSR count). The summed E-state index contributed by atoms with van der Waals surface area (Å²) < 4.78 is 0. The molecule has 0 aliphatic heterocycles. The highest BCUT2D eigenvalue weighted by Crippen LogP contribution is 2.35. The third-order valence-corrected chi connectivity index (χ3v) is 3.08. The van der Waals surface area contributed by atoms with Crippen molar-refractivity contribution in [3.63, 3.8) is 0 Å². The minimum Gasteiger partial charge on any atom is -0.512 e. The van der Waals surface area contributed by atoms with Crippen LogP contribution in [0.1, 0.15) is 12.8 Å². The molecule has 0 saturated heterocycles. The van der Waals surface area contributed by atoms with Crippen LogP contribution < -0.4 is 0 Å². The van der Waals surface area contributed by atoms with Crippen molar-refractivity contribution >= 4 is 23.4 Å². The van der Waals surface area contributed by atoms with E-state index < -0.39 is 0 Å². The van der Waals surface area contributed by atoms with Crippen molar-refractivity contribution in [1.82, 2.24) is 0 Å². The van der Waals surface area contributed by atoms with E-state index >= 15 is 0 Å². The SMILES string of the molecule is C=C(Cl)C(=C)SC1=CC=C(O)CC1. The molecule has 0 spiro atoms. The molecule has 13 heavy (non-hydrogen) atoms. The van der Waals surface area contributed by atoms with E-state index in [2.05, 4.69) is 13.2 Å². The van der Waals surface area contributed by atoms with Gasteiger partial charge >= 0.3 is 0 Å². The van der Waals surface area contributed by atoms with Crippen LogP contribution in [0.2, 0.25) is 0 Å². The number of aliphatic hydroxyl groups is 1. The maximum absolute atomic E-state index is 9.11. The average molecular weight is 215 g/mol. The third-order valence-electron chi connectivity index (χ3n) is 1.65. The first-order chi connectivity index (χ1) is 6.09. The first-order valence-corrected chi connectivity index (χ1v) is 5.09. The molecule has 0 aromatic rings. The van der Waals surface area contributed by atoms with E-state index in [-0.39, 0.29) is 0 Å². The molecule has 1 aliphatic rings. The van der Waals surface area contributed by atoms with Gasteiger partial charge in [-0.05, 0) is 23.5 Å². The lowest BCUT2D eigenvalue weighted by molar-refractivity contribution is 0.387. The Kier molecular flexibility index (Phi) is 3.70. The number of hydrogen-bond donors (Lipinski definition) is 1. The van der Waals surface area contributed by atoms with E-state index in [1.807, 2.05) is 6.08 Å². The molecule has 0 atom stereocenters. The molecule has 70 valence electrons. The first kappa shape index (κ1) is 10.5. The Balaban J connectivity index is 2.56. The molecule has 0 saturated carbocycles. The normalized spacial score (nSPS) is 16.1. The summed E-state index contributed by atoms with van der Waals surface area (Å²) in [5, 5.41) is 9.59. The predicted octanol–water partition coefficient (Wildman–Crippen LogP) is 4.11. The second-order valence-electron chi connectivity index (χ2n) is 2.72. The zero-order valence-corrected chi connectivity index (χ0v) is 8.79. The summed E-state index contributed by atoms with van der Waals surface area (Å²) in [6.07, 6.45) is 5.13. The van der Waals surface area contributed by atoms with E-state index in [1.54, 1.807) is 6.08 Å². The monoisotopic (exact) mass is 214 g/mol. The second kappa shape index (κ2) is 4.58. The van der Waals surface area contributed by atoms with Gasteiger partial charge < -0.3 is 5.11 Å². The fourth-order valence-corrected chi connectivity index (χ4v) is 1.79. The van der Waals surface area contributed by atoms with Crippen molar-refractivity contribution in [2.75, 3.05) is 0 Å². The molecule has 1 aliphatic carbocycles. The Morgan fingerprint density at radius 2 is 2.08 bits per heavy atom. The average Bonchev–Trinajstić information content (AvgIpc) is 2.08. The highest BCUT2D eigenvalue weighted by Gasteiger charge is 2.07. The van der Waals surface area contributed by atoms with Crippen LogP contribution >= 0.6 is 23.4 Å². The van der Waals surface area contributed by atoms with Gasteiger partial charge in [-0.2, -0.15) is 0 Å². The van der Waals surface area contributed by atoms with Gasteiger partial charge in [-0.1, -0.05) is 36.5 Å². The molecular formula is C10H11ClOS. The molecular weight excluding hydrogens is 204 g/mol. The molecule has 3 heteroatoms. The summed E-state index contributed by atoms with van der Waals surface area (Å²) >= 11 is 7.18. The molecule has 1 N–H and O–H groups in total. The van der Waals surface area contributed by atoms with Crippen molar-refractivity contribution in [1.29, 1.82) is 0 Å². The van der Waals surface area contributed by atoms with Crippen LogP contribution in [0.15, 0.2) is 45.9 Å². The van der Waals surface area contributed by atoms with Gasteiger partial charge in [0.25, 0.3) is 0 Å². The van der Waals surface area contributed by atoms with Crippen LogP contribution in [0.5, 0.6) is 0 Å². The van der Waals surface area contributed by atoms with Crippen molar-refractivity contribution in [3.8, 4) is 0 Å². The van der Waals surface area contributed by atoms with Crippen LogP contribution in [-0.2, 0) is 0 Å². The van der Waals surface area contributed by atoms with Gasteiger partial charge in [-0.15, -0.1) is 0 Å². The zero-order valence-electron chi connectivity index (χ0n) is 7.22. The van der Waals surface area contributed by atoms with E-state index in [1.165, 1.54) is 11.8 Å². The van der Waals surface area contributed by atoms with Crippen LogP contribution in [0.3, 0.4) is 0 Å². The Bertz CT molecular complexity index is 302. The summed E-state index contributed by atoms with van der Waals surface area (Å²) in [5.74, 6) is 0.430. The number of allylic oxidation sites excluding steroid dienone is 5. The summed E-state index contributed by atoms with van der Waals surface area (Å²) in [6, 6.07) is 0. The molecule has 0 fully saturated rings. The second-order valence-corrected chi connectivity index (χ2v) is 4.40. The van der Waals surface area contributed by atoms with Crippen LogP contribution in [0.25, 0.3) is 0 Å². The van der Waals surface area contributed by atoms with Crippen molar-refractivity contribution in [2.24, 2.45) is 0 Å². The molecule has 0 aromatic carbocycles. The number of aliphatic hydroxyl groups excluding tert-OH is 1. The Labute approximate surface area is 87.5 Å². The summed E-state index contributed by atoms with van der Waals surface area (Å²) in [4.78, 5) is 1.92. The van der Waals surface area contributed by atoms with Crippen molar-refractivity contribution in [3.05, 3.63) is 45.9 Å². The molecule has 0 heterocycles. The molecule has 0 aromatic heterocycles. The highest BCUT2D eigenvalue weighted by molar-refractivity contribution is 8.07. The van der Waals surface area contributed by atoms with Gasteiger partial charge in [0, 0.05) is 16.4 Å². The van der Waals surface area contributed by atoms with E-state index in [4.69, 9.17) is 16.7 Å². The number of hydrogen-bond acceptors (Lipinski definition) is 2. The first-order valence-electron chi connectivity index (χ1n) is 3.90. The maximum atomic E-state index is 9.11. The van der Waals surface area contributed by atoms with Gasteiger partial charge in [-0.25, -0.2) is 0 Å². The fraction of sp³-hybridized carbons (Fsp3) is 0.200. The maximum Gasteiger partial charge on any atom is 0.0926 e. The summed E-state index contributed by atoms with van der Waals surface area (Å²) in [6.45, 7) is 7.36. The number of thioether (sulfide) groups is 1. The number of rotatable bonds is 3. The minimum atomic E-state index is 0.430. The lowest BCUT2D eigenvalue weighted by Crippen LogP contribution is -1.90. The van der Waals surface area contributed by atoms with Gasteiger partial charge in [0.05, 0.1) is 5.76 Å². The Morgan fingerprint density at radius 1 is 1.38 bits per heavy atom. The molecule has 1 nitrogen and oxygen atoms in total. The Morgan fingerprint density at radius 3 is 2.54 bits per heavy atom. The summed E-state index contributed by atoms with van der Waals surface area (Å²) in [5.41, 5.74) is 0. The van der Waals surface area contributed by atoms with Gasteiger partial charge in [0.1, 0.15) is 0 Å². The van der Waals surface area contributed by atoms with Gasteiger partial charge in [0.2, 0.25) is 0 Å². The quantitative estimate of drug-likeness (QED) is 0.714. The number of halogens is 1. The Hall–Kier alpha value is -0.600. The molecule has 0 amide bonds. The van der Waals surface area contributed by atoms with Crippen LogP contribution in [-0.4, -0.2) is 5.11 Å². The van der Waals surface area contributed by atoms with Crippen molar-refractivity contribution < 1.29 is 5.11 Å². The lowest BCUT2D eigenvalue weighted by Gasteiger charge is -2.11. The molecule has 0 unspecified atom stereocenters. The van der Waals surface area contributed by atoms with E-state index in [0.717, 1.165) is 16.2 Å². The van der Waals surface area contributed by atoms with E-state index in [0.29, 0.717) is 17.2 Å². The van der Waals surface area contributed by atoms with Crippen LogP contribution in [0.4, 0.5) is 0 Å². The zero-order chi connectivity index (χ0) is 9.84. The summed E-state index contributed by atoms with van der Waals surface area (Å²) in [7, 11) is 0. The van der Waals surface area contributed by atoms with Crippen molar-refractivity contribution in [2.45, 2.75) is 12.8 Å². The highest BCUT2D eigenvalue weighted by atomic mass is 35.5. The largest absolute Gasteiger partial charge is 0.512 e.